The molecule has 2 amide bonds. The van der Waals surface area contributed by atoms with Crippen LogP contribution < -0.4 is 16.4 Å². The van der Waals surface area contributed by atoms with Gasteiger partial charge in [0.05, 0.1) is 17.3 Å². The van der Waals surface area contributed by atoms with E-state index in [-0.39, 0.29) is 35.6 Å². The number of rotatable bonds is 10. The number of carbonyl (C=O) groups is 2. The van der Waals surface area contributed by atoms with Crippen molar-refractivity contribution in [3.63, 3.8) is 0 Å². The molecule has 1 aliphatic heterocycles. The standard InChI is InChI=1S/C33H43F3N6O2/c1-21(37)42-16-14-23(15-17-42)20-40-32(44)29(24-6-3-2-4-7-24)41-31(43)28(18-22-10-12-25(13-11-22)30(38)39)26-8-5-9-27(19-26)33(34,35)36/h5,8-13,19,23-24,28-29,37H,2-4,6-7,14-18,20H2,1H3,(H3,38,39)(H,40,44)(H,41,43)/t28?,29-/m0/s1. The number of likely N-dealkylation sites (tertiary alicyclic amines) is 1. The van der Waals surface area contributed by atoms with Crippen LogP contribution in [-0.2, 0) is 22.2 Å². The second-order valence-corrected chi connectivity index (χ2v) is 12.1. The van der Waals surface area contributed by atoms with Gasteiger partial charge in [0.15, 0.2) is 0 Å². The number of piperidine rings is 1. The fourth-order valence-corrected chi connectivity index (χ4v) is 6.30. The second kappa shape index (κ2) is 14.7. The van der Waals surface area contributed by atoms with Crippen LogP contribution in [0.25, 0.3) is 0 Å². The van der Waals surface area contributed by atoms with Crippen molar-refractivity contribution in [2.75, 3.05) is 19.6 Å². The van der Waals surface area contributed by atoms with Gasteiger partial charge in [-0.1, -0.05) is 61.7 Å². The summed E-state index contributed by atoms with van der Waals surface area (Å²) >= 11 is 0. The van der Waals surface area contributed by atoms with Gasteiger partial charge in [-0.3, -0.25) is 20.4 Å². The molecule has 8 nitrogen and oxygen atoms in total. The van der Waals surface area contributed by atoms with Crippen LogP contribution in [0.4, 0.5) is 13.2 Å². The Morgan fingerprint density at radius 1 is 0.977 bits per heavy atom. The van der Waals surface area contributed by atoms with Crippen LogP contribution in [0.2, 0.25) is 0 Å². The van der Waals surface area contributed by atoms with Gasteiger partial charge in [0.25, 0.3) is 0 Å². The summed E-state index contributed by atoms with van der Waals surface area (Å²) in [6.45, 7) is 3.78. The monoisotopic (exact) mass is 612 g/mol. The third kappa shape index (κ3) is 8.83. The van der Waals surface area contributed by atoms with E-state index < -0.39 is 29.6 Å². The van der Waals surface area contributed by atoms with Gasteiger partial charge in [-0.15, -0.1) is 0 Å². The second-order valence-electron chi connectivity index (χ2n) is 12.1. The van der Waals surface area contributed by atoms with E-state index in [4.69, 9.17) is 16.6 Å². The number of halogens is 3. The number of nitrogens with zero attached hydrogens (tertiary/aromatic N) is 1. The first-order valence-electron chi connectivity index (χ1n) is 15.4. The maximum atomic E-state index is 14.0. The highest BCUT2D eigenvalue weighted by Crippen LogP contribution is 2.33. The lowest BCUT2D eigenvalue weighted by molar-refractivity contribution is -0.137. The minimum atomic E-state index is -4.57. The highest BCUT2D eigenvalue weighted by Gasteiger charge is 2.35. The normalized spacial score (nSPS) is 17.9. The Morgan fingerprint density at radius 3 is 2.23 bits per heavy atom. The number of hydrogen-bond acceptors (Lipinski definition) is 4. The summed E-state index contributed by atoms with van der Waals surface area (Å²) in [5.74, 6) is -1.10. The Morgan fingerprint density at radius 2 is 1.64 bits per heavy atom. The Balaban J connectivity index is 1.55. The zero-order valence-electron chi connectivity index (χ0n) is 25.2. The maximum Gasteiger partial charge on any atom is 0.416 e. The molecule has 1 saturated carbocycles. The quantitative estimate of drug-likeness (QED) is 0.186. The number of alkyl halides is 3. The molecule has 1 heterocycles. The van der Waals surface area contributed by atoms with Gasteiger partial charge in [-0.05, 0) is 68.1 Å². The van der Waals surface area contributed by atoms with E-state index in [2.05, 4.69) is 10.6 Å². The molecule has 0 spiro atoms. The van der Waals surface area contributed by atoms with Gasteiger partial charge in [0, 0.05) is 25.2 Å². The summed E-state index contributed by atoms with van der Waals surface area (Å²) in [6, 6.07) is 10.7. The molecule has 2 aliphatic rings. The van der Waals surface area contributed by atoms with Crippen molar-refractivity contribution in [2.45, 2.75) is 76.4 Å². The minimum absolute atomic E-state index is 0.0629. The molecule has 2 atom stereocenters. The Labute approximate surface area is 257 Å². The molecule has 2 aromatic carbocycles. The summed E-state index contributed by atoms with van der Waals surface area (Å²) < 4.78 is 40.9. The summed E-state index contributed by atoms with van der Waals surface area (Å²) in [7, 11) is 0. The maximum absolute atomic E-state index is 14.0. The number of carbonyl (C=O) groups excluding carboxylic acids is 2. The van der Waals surface area contributed by atoms with E-state index in [1.165, 1.54) is 12.1 Å². The van der Waals surface area contributed by atoms with Gasteiger partial charge in [0.2, 0.25) is 11.8 Å². The SMILES string of the molecule is CC(=N)N1CCC(CNC(=O)[C@@H](NC(=O)C(Cc2ccc(C(=N)N)cc2)c2cccc(C(F)(F)F)c2)C2CCCCC2)CC1. The Kier molecular flexibility index (Phi) is 11.0. The summed E-state index contributed by atoms with van der Waals surface area (Å²) in [5.41, 5.74) is 6.13. The number of amidine groups is 2. The molecule has 6 N–H and O–H groups in total. The lowest BCUT2D eigenvalue weighted by atomic mass is 9.82. The molecule has 2 fully saturated rings. The smallest absolute Gasteiger partial charge is 0.384 e. The summed E-state index contributed by atoms with van der Waals surface area (Å²) in [6.07, 6.45) is 1.79. The molecule has 238 valence electrons. The molecule has 1 unspecified atom stereocenters. The summed E-state index contributed by atoms with van der Waals surface area (Å²) in [4.78, 5) is 29.7. The molecule has 0 aromatic heterocycles. The van der Waals surface area contributed by atoms with Crippen LogP contribution in [0.5, 0.6) is 0 Å². The van der Waals surface area contributed by atoms with Crippen LogP contribution in [0, 0.1) is 22.7 Å². The third-order valence-electron chi connectivity index (χ3n) is 8.99. The molecule has 0 bridgehead atoms. The van der Waals surface area contributed by atoms with Crippen molar-refractivity contribution >= 4 is 23.5 Å². The van der Waals surface area contributed by atoms with Crippen molar-refractivity contribution in [2.24, 2.45) is 17.6 Å². The average molecular weight is 613 g/mol. The third-order valence-corrected chi connectivity index (χ3v) is 8.99. The van der Waals surface area contributed by atoms with E-state index in [1.807, 2.05) is 4.90 Å². The number of amides is 2. The Bertz CT molecular complexity index is 1320. The van der Waals surface area contributed by atoms with E-state index in [9.17, 15) is 22.8 Å². The van der Waals surface area contributed by atoms with Crippen molar-refractivity contribution in [3.05, 3.63) is 70.8 Å². The first-order chi connectivity index (χ1) is 20.9. The minimum Gasteiger partial charge on any atom is -0.384 e. The molecule has 11 heteroatoms. The van der Waals surface area contributed by atoms with E-state index in [0.29, 0.717) is 23.5 Å². The molecule has 1 saturated heterocycles. The highest BCUT2D eigenvalue weighted by molar-refractivity contribution is 5.95. The van der Waals surface area contributed by atoms with E-state index in [0.717, 1.165) is 70.2 Å². The van der Waals surface area contributed by atoms with Crippen LogP contribution >= 0.6 is 0 Å². The topological polar surface area (TPSA) is 135 Å². The molecular formula is C33H43F3N6O2. The molecule has 4 rings (SSSR count). The fraction of sp³-hybridized carbons (Fsp3) is 0.515. The largest absolute Gasteiger partial charge is 0.416 e. The van der Waals surface area contributed by atoms with Crippen molar-refractivity contribution in [1.29, 1.82) is 10.8 Å². The van der Waals surface area contributed by atoms with E-state index >= 15 is 0 Å². The number of hydrogen-bond donors (Lipinski definition) is 5. The zero-order chi connectivity index (χ0) is 31.9. The van der Waals surface area contributed by atoms with Gasteiger partial charge >= 0.3 is 6.18 Å². The lowest BCUT2D eigenvalue weighted by Crippen LogP contribution is -2.53. The molecule has 44 heavy (non-hydrogen) atoms. The Hall–Kier alpha value is -3.89. The average Bonchev–Trinajstić information content (AvgIpc) is 3.01. The number of nitrogen functional groups attached to an aromatic ring is 1. The first kappa shape index (κ1) is 33.0. The summed E-state index contributed by atoms with van der Waals surface area (Å²) in [5, 5.41) is 21.5. The molecular weight excluding hydrogens is 569 g/mol. The molecule has 0 radical (unpaired) electrons. The van der Waals surface area contributed by atoms with Crippen LogP contribution in [0.3, 0.4) is 0 Å². The molecule has 1 aliphatic carbocycles. The predicted octanol–water partition coefficient (Wildman–Crippen LogP) is 5.21. The van der Waals surface area contributed by atoms with Crippen molar-refractivity contribution in [1.82, 2.24) is 15.5 Å². The zero-order valence-corrected chi connectivity index (χ0v) is 25.2. The van der Waals surface area contributed by atoms with Gasteiger partial charge < -0.3 is 21.3 Å². The van der Waals surface area contributed by atoms with Crippen molar-refractivity contribution < 1.29 is 22.8 Å². The fourth-order valence-electron chi connectivity index (χ4n) is 6.30. The number of benzene rings is 2. The van der Waals surface area contributed by atoms with E-state index in [1.54, 1.807) is 31.2 Å². The van der Waals surface area contributed by atoms with Crippen LogP contribution in [-0.4, -0.2) is 54.1 Å². The number of nitrogens with two attached hydrogens (primary N) is 1. The van der Waals surface area contributed by atoms with Gasteiger partial charge in [0.1, 0.15) is 11.9 Å². The molecule has 2 aromatic rings. The van der Waals surface area contributed by atoms with Crippen molar-refractivity contribution in [3.8, 4) is 0 Å². The van der Waals surface area contributed by atoms with Crippen LogP contribution in [0.1, 0.15) is 80.0 Å². The predicted molar refractivity (Wildman–Crippen MR) is 165 cm³/mol. The lowest BCUT2D eigenvalue weighted by Gasteiger charge is -2.34. The van der Waals surface area contributed by atoms with Gasteiger partial charge in [-0.2, -0.15) is 13.2 Å². The first-order valence-corrected chi connectivity index (χ1v) is 15.4. The van der Waals surface area contributed by atoms with Crippen LogP contribution in [0.15, 0.2) is 48.5 Å². The highest BCUT2D eigenvalue weighted by atomic mass is 19.4. The number of nitrogens with one attached hydrogen (secondary N) is 4. The van der Waals surface area contributed by atoms with Gasteiger partial charge in [-0.25, -0.2) is 0 Å².